The molecular formula is C18H22ClN3O5. The number of likely N-dealkylation sites (N-methyl/N-ethyl adjacent to an activating group) is 1. The summed E-state index contributed by atoms with van der Waals surface area (Å²) < 4.78 is 4.96. The number of ether oxygens (including phenoxy) is 1. The van der Waals surface area contributed by atoms with Crippen LogP contribution >= 0.6 is 11.6 Å². The lowest BCUT2D eigenvalue weighted by atomic mass is 10.1. The van der Waals surface area contributed by atoms with Crippen LogP contribution in [0.4, 0.5) is 0 Å². The van der Waals surface area contributed by atoms with Crippen molar-refractivity contribution in [3.63, 3.8) is 0 Å². The molecule has 9 heteroatoms. The van der Waals surface area contributed by atoms with E-state index < -0.39 is 24.4 Å². The van der Waals surface area contributed by atoms with Crippen LogP contribution in [0.5, 0.6) is 0 Å². The van der Waals surface area contributed by atoms with Crippen molar-refractivity contribution in [2.75, 3.05) is 26.2 Å². The van der Waals surface area contributed by atoms with E-state index in [1.807, 2.05) is 12.1 Å². The third-order valence-electron chi connectivity index (χ3n) is 4.03. The molecule has 1 heterocycles. The van der Waals surface area contributed by atoms with Crippen molar-refractivity contribution in [1.82, 2.24) is 15.5 Å². The molecule has 1 fully saturated rings. The molecule has 1 aromatic rings. The van der Waals surface area contributed by atoms with Crippen LogP contribution in [0.15, 0.2) is 24.3 Å². The lowest BCUT2D eigenvalue weighted by Crippen LogP contribution is -2.39. The molecule has 1 saturated heterocycles. The van der Waals surface area contributed by atoms with Crippen molar-refractivity contribution >= 4 is 35.3 Å². The predicted molar refractivity (Wildman–Crippen MR) is 97.6 cm³/mol. The molecule has 146 valence electrons. The number of likely N-dealkylation sites (tertiary alicyclic amines) is 1. The first-order valence-electron chi connectivity index (χ1n) is 8.62. The van der Waals surface area contributed by atoms with Crippen molar-refractivity contribution in [1.29, 1.82) is 0 Å². The Bertz CT molecular complexity index is 725. The predicted octanol–water partition coefficient (Wildman–Crippen LogP) is 0.484. The number of halogens is 1. The van der Waals surface area contributed by atoms with Gasteiger partial charge in [-0.2, -0.15) is 0 Å². The van der Waals surface area contributed by atoms with Crippen LogP contribution < -0.4 is 10.6 Å². The van der Waals surface area contributed by atoms with E-state index in [9.17, 15) is 19.2 Å². The van der Waals surface area contributed by atoms with Gasteiger partial charge in [-0.3, -0.25) is 19.2 Å². The van der Waals surface area contributed by atoms with E-state index in [1.54, 1.807) is 24.0 Å². The van der Waals surface area contributed by atoms with Crippen molar-refractivity contribution in [3.05, 3.63) is 34.9 Å². The molecule has 0 saturated carbocycles. The summed E-state index contributed by atoms with van der Waals surface area (Å²) in [5, 5.41) is 5.44. The Hall–Kier alpha value is -2.61. The zero-order valence-corrected chi connectivity index (χ0v) is 15.8. The molecule has 27 heavy (non-hydrogen) atoms. The number of hydrogen-bond acceptors (Lipinski definition) is 5. The Balaban J connectivity index is 1.77. The summed E-state index contributed by atoms with van der Waals surface area (Å²) in [6, 6.07) is 7.19. The normalized spacial score (nSPS) is 16.1. The number of nitrogens with zero attached hydrogens (tertiary/aromatic N) is 1. The SMILES string of the molecule is CCNC(=O)CNC(=O)COC(=O)[C@@H]1CC(=O)N(Cc2ccccc2Cl)C1. The molecule has 0 bridgehead atoms. The first-order chi connectivity index (χ1) is 12.9. The van der Waals surface area contributed by atoms with Gasteiger partial charge in [-0.25, -0.2) is 0 Å². The van der Waals surface area contributed by atoms with Crippen LogP contribution in [0.2, 0.25) is 5.02 Å². The number of amides is 3. The van der Waals surface area contributed by atoms with Gasteiger partial charge in [-0.05, 0) is 18.6 Å². The van der Waals surface area contributed by atoms with Gasteiger partial charge in [-0.1, -0.05) is 29.8 Å². The standard InChI is InChI=1S/C18H22ClN3O5/c1-2-20-15(23)8-21-16(24)11-27-18(26)13-7-17(25)22(10-13)9-12-5-3-4-6-14(12)19/h3-6,13H,2,7-11H2,1H3,(H,20,23)(H,21,24)/t13-/m1/s1. The summed E-state index contributed by atoms with van der Waals surface area (Å²) >= 11 is 6.10. The summed E-state index contributed by atoms with van der Waals surface area (Å²) in [5.74, 6) is -2.31. The average Bonchev–Trinajstić information content (AvgIpc) is 3.01. The van der Waals surface area contributed by atoms with Crippen LogP contribution in [0.25, 0.3) is 0 Å². The molecule has 2 rings (SSSR count). The van der Waals surface area contributed by atoms with Crippen molar-refractivity contribution in [2.24, 2.45) is 5.92 Å². The Kier molecular flexibility index (Phi) is 7.60. The zero-order valence-electron chi connectivity index (χ0n) is 15.0. The maximum absolute atomic E-state index is 12.1. The fourth-order valence-corrected chi connectivity index (χ4v) is 2.85. The Morgan fingerprint density at radius 2 is 1.96 bits per heavy atom. The van der Waals surface area contributed by atoms with Gasteiger partial charge < -0.3 is 20.3 Å². The van der Waals surface area contributed by atoms with E-state index >= 15 is 0 Å². The number of hydrogen-bond donors (Lipinski definition) is 2. The largest absolute Gasteiger partial charge is 0.455 e. The monoisotopic (exact) mass is 395 g/mol. The van der Waals surface area contributed by atoms with Crippen molar-refractivity contribution in [3.8, 4) is 0 Å². The van der Waals surface area contributed by atoms with E-state index in [-0.39, 0.29) is 31.3 Å². The van der Waals surface area contributed by atoms with Crippen molar-refractivity contribution in [2.45, 2.75) is 19.9 Å². The number of carbonyl (C=O) groups excluding carboxylic acids is 4. The molecular weight excluding hydrogens is 374 g/mol. The number of esters is 1. The Morgan fingerprint density at radius 1 is 1.22 bits per heavy atom. The Labute approximate surface area is 162 Å². The third kappa shape index (κ3) is 6.25. The van der Waals surface area contributed by atoms with Crippen molar-refractivity contribution < 1.29 is 23.9 Å². The molecule has 8 nitrogen and oxygen atoms in total. The second-order valence-corrected chi connectivity index (χ2v) is 6.51. The summed E-state index contributed by atoms with van der Waals surface area (Å²) in [6.45, 7) is 2.08. The van der Waals surface area contributed by atoms with Crippen LogP contribution in [-0.4, -0.2) is 54.8 Å². The molecule has 2 N–H and O–H groups in total. The minimum atomic E-state index is -0.629. The molecule has 0 unspecified atom stereocenters. The summed E-state index contributed by atoms with van der Waals surface area (Å²) in [5.41, 5.74) is 0.797. The van der Waals surface area contributed by atoms with Gasteiger partial charge in [-0.15, -0.1) is 0 Å². The van der Waals surface area contributed by atoms with Gasteiger partial charge >= 0.3 is 5.97 Å². The van der Waals surface area contributed by atoms with Gasteiger partial charge in [0.05, 0.1) is 12.5 Å². The highest BCUT2D eigenvalue weighted by atomic mass is 35.5. The molecule has 1 atom stereocenters. The number of rotatable bonds is 8. The first kappa shape index (κ1) is 20.7. The minimum absolute atomic E-state index is 0.0316. The maximum atomic E-state index is 12.1. The summed E-state index contributed by atoms with van der Waals surface area (Å²) in [4.78, 5) is 48.7. The van der Waals surface area contributed by atoms with Gasteiger partial charge in [0.15, 0.2) is 6.61 Å². The lowest BCUT2D eigenvalue weighted by Gasteiger charge is -2.17. The zero-order chi connectivity index (χ0) is 19.8. The van der Waals surface area contributed by atoms with E-state index in [2.05, 4.69) is 10.6 Å². The molecule has 0 spiro atoms. The second-order valence-electron chi connectivity index (χ2n) is 6.10. The van der Waals surface area contributed by atoms with Crippen LogP contribution in [0.3, 0.4) is 0 Å². The van der Waals surface area contributed by atoms with Crippen LogP contribution in [0, 0.1) is 5.92 Å². The third-order valence-corrected chi connectivity index (χ3v) is 4.40. The number of carbonyl (C=O) groups is 4. The van der Waals surface area contributed by atoms with Gasteiger partial charge in [0, 0.05) is 31.1 Å². The van der Waals surface area contributed by atoms with E-state index in [4.69, 9.17) is 16.3 Å². The fraction of sp³-hybridized carbons (Fsp3) is 0.444. The topological polar surface area (TPSA) is 105 Å². The molecule has 1 aliphatic heterocycles. The highest BCUT2D eigenvalue weighted by molar-refractivity contribution is 6.31. The maximum Gasteiger partial charge on any atom is 0.311 e. The van der Waals surface area contributed by atoms with Gasteiger partial charge in [0.25, 0.3) is 5.91 Å². The summed E-state index contributed by atoms with van der Waals surface area (Å²) in [7, 11) is 0. The Morgan fingerprint density at radius 3 is 2.67 bits per heavy atom. The van der Waals surface area contributed by atoms with Crippen LogP contribution in [-0.2, 0) is 30.5 Å². The van der Waals surface area contributed by atoms with E-state index in [0.29, 0.717) is 18.1 Å². The molecule has 0 aromatic heterocycles. The molecule has 3 amide bonds. The number of nitrogens with one attached hydrogen (secondary N) is 2. The average molecular weight is 396 g/mol. The first-order valence-corrected chi connectivity index (χ1v) is 8.99. The molecule has 1 aromatic carbocycles. The number of benzene rings is 1. The highest BCUT2D eigenvalue weighted by Gasteiger charge is 2.35. The molecule has 0 aliphatic carbocycles. The molecule has 0 radical (unpaired) electrons. The second kappa shape index (κ2) is 9.91. The molecule has 1 aliphatic rings. The quantitative estimate of drug-likeness (QED) is 0.623. The van der Waals surface area contributed by atoms with Gasteiger partial charge in [0.2, 0.25) is 11.8 Å². The summed E-state index contributed by atoms with van der Waals surface area (Å²) in [6.07, 6.45) is 0.0316. The van der Waals surface area contributed by atoms with Gasteiger partial charge in [0.1, 0.15) is 0 Å². The highest BCUT2D eigenvalue weighted by Crippen LogP contribution is 2.24. The smallest absolute Gasteiger partial charge is 0.311 e. The van der Waals surface area contributed by atoms with E-state index in [1.165, 1.54) is 0 Å². The fourth-order valence-electron chi connectivity index (χ4n) is 2.66. The lowest BCUT2D eigenvalue weighted by molar-refractivity contribution is -0.152. The van der Waals surface area contributed by atoms with Crippen LogP contribution in [0.1, 0.15) is 18.9 Å². The minimum Gasteiger partial charge on any atom is -0.455 e. The van der Waals surface area contributed by atoms with E-state index in [0.717, 1.165) is 5.56 Å².